The number of ether oxygens (including phenoxy) is 1. The first-order valence-electron chi connectivity index (χ1n) is 8.43. The van der Waals surface area contributed by atoms with Crippen LogP contribution in [-0.2, 0) is 4.79 Å². The first-order valence-corrected chi connectivity index (χ1v) is 8.43. The molecule has 0 unspecified atom stereocenters. The first-order chi connectivity index (χ1) is 13.8. The summed E-state index contributed by atoms with van der Waals surface area (Å²) < 4.78 is 47.6. The lowest BCUT2D eigenvalue weighted by Gasteiger charge is -2.23. The Hall–Kier alpha value is -3.68. The summed E-state index contributed by atoms with van der Waals surface area (Å²) in [5.41, 5.74) is 0.543. The average Bonchev–Trinajstić information content (AvgIpc) is 2.67. The van der Waals surface area contributed by atoms with Crippen LogP contribution in [0.1, 0.15) is 0 Å². The van der Waals surface area contributed by atoms with Crippen LogP contribution in [0, 0.1) is 17.5 Å². The van der Waals surface area contributed by atoms with Gasteiger partial charge in [-0.2, -0.15) is 0 Å². The number of aromatic hydroxyl groups is 1. The van der Waals surface area contributed by atoms with Gasteiger partial charge in [-0.3, -0.25) is 0 Å². The molecule has 0 saturated heterocycles. The molecule has 3 aromatic carbocycles. The van der Waals surface area contributed by atoms with Gasteiger partial charge < -0.3 is 19.8 Å². The topological polar surface area (TPSA) is 70.0 Å². The molecule has 0 aliphatic heterocycles. The molecule has 0 fully saturated rings. The SMILES string of the molecule is CN(c1cc(-c2cccc(F)c2)ccc1O)c1c(F)ccc(OCC(=O)O)c1F. The van der Waals surface area contributed by atoms with E-state index in [2.05, 4.69) is 0 Å². The van der Waals surface area contributed by atoms with Crippen molar-refractivity contribution >= 4 is 17.3 Å². The van der Waals surface area contributed by atoms with Gasteiger partial charge >= 0.3 is 5.97 Å². The van der Waals surface area contributed by atoms with Crippen molar-refractivity contribution in [2.75, 3.05) is 18.6 Å². The number of phenolic OH excluding ortho intramolecular Hbond substituents is 1. The Labute approximate surface area is 164 Å². The monoisotopic (exact) mass is 403 g/mol. The summed E-state index contributed by atoms with van der Waals surface area (Å²) in [6, 6.07) is 12.0. The number of phenols is 1. The molecule has 0 bridgehead atoms. The highest BCUT2D eigenvalue weighted by Gasteiger charge is 2.22. The Kier molecular flexibility index (Phi) is 5.63. The number of hydrogen-bond acceptors (Lipinski definition) is 4. The summed E-state index contributed by atoms with van der Waals surface area (Å²) in [5, 5.41) is 18.9. The summed E-state index contributed by atoms with van der Waals surface area (Å²) in [7, 11) is 1.33. The molecule has 3 rings (SSSR count). The molecule has 29 heavy (non-hydrogen) atoms. The van der Waals surface area contributed by atoms with E-state index in [0.717, 1.165) is 17.0 Å². The highest BCUT2D eigenvalue weighted by Crippen LogP contribution is 2.39. The van der Waals surface area contributed by atoms with Crippen LogP contribution < -0.4 is 9.64 Å². The Morgan fingerprint density at radius 3 is 2.45 bits per heavy atom. The molecule has 5 nitrogen and oxygen atoms in total. The van der Waals surface area contributed by atoms with Crippen molar-refractivity contribution in [2.45, 2.75) is 0 Å². The van der Waals surface area contributed by atoms with Gasteiger partial charge in [0.2, 0.25) is 0 Å². The number of rotatable bonds is 6. The van der Waals surface area contributed by atoms with Crippen LogP contribution in [0.4, 0.5) is 24.5 Å². The zero-order valence-electron chi connectivity index (χ0n) is 15.2. The van der Waals surface area contributed by atoms with Gasteiger partial charge in [-0.05, 0) is 47.5 Å². The number of anilines is 2. The number of carboxylic acids is 1. The number of benzene rings is 3. The number of carbonyl (C=O) groups is 1. The molecule has 0 aromatic heterocycles. The summed E-state index contributed by atoms with van der Waals surface area (Å²) in [5.74, 6) is -4.54. The minimum absolute atomic E-state index is 0.0555. The first kappa shape index (κ1) is 20.1. The average molecular weight is 403 g/mol. The Bertz CT molecular complexity index is 1070. The van der Waals surface area contributed by atoms with E-state index in [-0.39, 0.29) is 11.4 Å². The van der Waals surface area contributed by atoms with E-state index in [0.29, 0.717) is 11.1 Å². The van der Waals surface area contributed by atoms with Crippen molar-refractivity contribution in [2.24, 2.45) is 0 Å². The van der Waals surface area contributed by atoms with Crippen molar-refractivity contribution in [1.82, 2.24) is 0 Å². The largest absolute Gasteiger partial charge is 0.506 e. The number of hydrogen-bond donors (Lipinski definition) is 2. The van der Waals surface area contributed by atoms with Crippen molar-refractivity contribution < 1.29 is 32.9 Å². The summed E-state index contributed by atoms with van der Waals surface area (Å²) >= 11 is 0. The molecule has 0 aliphatic carbocycles. The van der Waals surface area contributed by atoms with Crippen LogP contribution in [-0.4, -0.2) is 29.8 Å². The third-order valence-corrected chi connectivity index (χ3v) is 4.21. The Balaban J connectivity index is 2.04. The van der Waals surface area contributed by atoms with Crippen LogP contribution in [0.15, 0.2) is 54.6 Å². The molecule has 0 aliphatic rings. The molecule has 8 heteroatoms. The summed E-state index contributed by atoms with van der Waals surface area (Å²) in [6.45, 7) is -0.800. The van der Waals surface area contributed by atoms with E-state index < -0.39 is 41.5 Å². The smallest absolute Gasteiger partial charge is 0.341 e. The lowest BCUT2D eigenvalue weighted by Crippen LogP contribution is -2.16. The molecule has 0 amide bonds. The lowest BCUT2D eigenvalue weighted by molar-refractivity contribution is -0.139. The molecule has 150 valence electrons. The molecule has 3 aromatic rings. The molecule has 0 saturated carbocycles. The van der Waals surface area contributed by atoms with E-state index >= 15 is 0 Å². The second-order valence-electron chi connectivity index (χ2n) is 6.16. The van der Waals surface area contributed by atoms with Crippen LogP contribution >= 0.6 is 0 Å². The van der Waals surface area contributed by atoms with Crippen molar-refractivity contribution in [3.63, 3.8) is 0 Å². The van der Waals surface area contributed by atoms with Gasteiger partial charge in [0.15, 0.2) is 18.2 Å². The van der Waals surface area contributed by atoms with E-state index in [9.17, 15) is 23.1 Å². The molecule has 2 N–H and O–H groups in total. The number of halogens is 3. The van der Waals surface area contributed by atoms with Gasteiger partial charge in [-0.1, -0.05) is 18.2 Å². The van der Waals surface area contributed by atoms with Crippen LogP contribution in [0.25, 0.3) is 11.1 Å². The van der Waals surface area contributed by atoms with Gasteiger partial charge in [-0.25, -0.2) is 18.0 Å². The van der Waals surface area contributed by atoms with Crippen molar-refractivity contribution in [3.05, 3.63) is 72.0 Å². The normalized spacial score (nSPS) is 10.6. The van der Waals surface area contributed by atoms with E-state index in [1.807, 2.05) is 0 Å². The lowest BCUT2D eigenvalue weighted by atomic mass is 10.0. The molecule has 0 heterocycles. The minimum atomic E-state index is -1.32. The minimum Gasteiger partial charge on any atom is -0.506 e. The predicted molar refractivity (Wildman–Crippen MR) is 101 cm³/mol. The molecular formula is C21H16F3NO4. The fraction of sp³-hybridized carbons (Fsp3) is 0.0952. The maximum atomic E-state index is 14.8. The highest BCUT2D eigenvalue weighted by atomic mass is 19.1. The zero-order valence-corrected chi connectivity index (χ0v) is 15.2. The summed E-state index contributed by atoms with van der Waals surface area (Å²) in [4.78, 5) is 11.7. The molecular weight excluding hydrogens is 387 g/mol. The predicted octanol–water partition coefficient (Wildman–Crippen LogP) is 4.71. The number of aliphatic carboxylic acids is 1. The third-order valence-electron chi connectivity index (χ3n) is 4.21. The summed E-state index contributed by atoms with van der Waals surface area (Å²) in [6.07, 6.45) is 0. The number of nitrogens with zero attached hydrogens (tertiary/aromatic N) is 1. The van der Waals surface area contributed by atoms with Gasteiger partial charge in [0, 0.05) is 7.05 Å². The van der Waals surface area contributed by atoms with Crippen LogP contribution in [0.3, 0.4) is 0 Å². The standard InChI is InChI=1S/C21H16F3NO4/c1-25(21-15(23)6-8-18(20(21)24)29-11-19(27)28)16-10-13(5-7-17(16)26)12-3-2-4-14(22)9-12/h2-10,26H,11H2,1H3,(H,27,28). The fourth-order valence-electron chi connectivity index (χ4n) is 2.84. The van der Waals surface area contributed by atoms with Crippen molar-refractivity contribution in [1.29, 1.82) is 0 Å². The van der Waals surface area contributed by atoms with Crippen LogP contribution in [0.5, 0.6) is 11.5 Å². The van der Waals surface area contributed by atoms with Gasteiger partial charge in [0.1, 0.15) is 23.1 Å². The maximum Gasteiger partial charge on any atom is 0.341 e. The van der Waals surface area contributed by atoms with E-state index in [1.165, 1.54) is 37.4 Å². The second-order valence-corrected chi connectivity index (χ2v) is 6.16. The van der Waals surface area contributed by atoms with Gasteiger partial charge in [-0.15, -0.1) is 0 Å². The number of carboxylic acid groups (broad SMARTS) is 1. The third kappa shape index (κ3) is 4.26. The van der Waals surface area contributed by atoms with Gasteiger partial charge in [0.05, 0.1) is 5.69 Å². The highest BCUT2D eigenvalue weighted by molar-refractivity contribution is 5.77. The quantitative estimate of drug-likeness (QED) is 0.624. The van der Waals surface area contributed by atoms with E-state index in [4.69, 9.17) is 9.84 Å². The molecule has 0 atom stereocenters. The van der Waals surface area contributed by atoms with Crippen LogP contribution in [0.2, 0.25) is 0 Å². The van der Waals surface area contributed by atoms with Crippen molar-refractivity contribution in [3.8, 4) is 22.6 Å². The molecule has 0 spiro atoms. The molecule has 0 radical (unpaired) electrons. The van der Waals surface area contributed by atoms with Gasteiger partial charge in [0.25, 0.3) is 0 Å². The Morgan fingerprint density at radius 1 is 1.03 bits per heavy atom. The zero-order chi connectivity index (χ0) is 21.1. The van der Waals surface area contributed by atoms with E-state index in [1.54, 1.807) is 12.1 Å². The maximum absolute atomic E-state index is 14.8. The Morgan fingerprint density at radius 2 is 1.76 bits per heavy atom. The fourth-order valence-corrected chi connectivity index (χ4v) is 2.84. The second kappa shape index (κ2) is 8.14.